The van der Waals surface area contributed by atoms with Crippen LogP contribution < -0.4 is 0 Å². The molecule has 0 amide bonds. The molecule has 162 valence electrons. The number of aromatic nitrogens is 7. The zero-order valence-corrected chi connectivity index (χ0v) is 17.3. The monoisotopic (exact) mass is 439 g/mol. The Hall–Kier alpha value is -4.37. The van der Waals surface area contributed by atoms with E-state index in [1.165, 1.54) is 6.07 Å². The Morgan fingerprint density at radius 2 is 1.91 bits per heavy atom. The number of nitrogens with zero attached hydrogens (tertiary/aromatic N) is 6. The highest BCUT2D eigenvalue weighted by atomic mass is 19.1. The van der Waals surface area contributed by atoms with Crippen molar-refractivity contribution in [2.75, 3.05) is 0 Å². The largest absolute Gasteiger partial charge is 0.386 e. The summed E-state index contributed by atoms with van der Waals surface area (Å²) in [5, 5.41) is 31.2. The molecule has 0 bridgehead atoms. The van der Waals surface area contributed by atoms with Crippen molar-refractivity contribution in [3.63, 3.8) is 0 Å². The molecule has 9 heteroatoms. The van der Waals surface area contributed by atoms with Gasteiger partial charge in [-0.15, -0.1) is 5.10 Å². The maximum absolute atomic E-state index is 15.0. The molecule has 0 saturated carbocycles. The van der Waals surface area contributed by atoms with Gasteiger partial charge in [-0.3, -0.25) is 9.78 Å². The number of aliphatic hydroxyl groups is 1. The predicted octanol–water partition coefficient (Wildman–Crippen LogP) is 4.03. The van der Waals surface area contributed by atoms with Gasteiger partial charge in [0.1, 0.15) is 5.52 Å². The Balaban J connectivity index is 1.42. The van der Waals surface area contributed by atoms with Gasteiger partial charge in [0.25, 0.3) is 0 Å². The van der Waals surface area contributed by atoms with Crippen LogP contribution in [0.4, 0.5) is 4.39 Å². The lowest BCUT2D eigenvalue weighted by molar-refractivity contribution is 0.152. The quantitative estimate of drug-likeness (QED) is 0.423. The van der Waals surface area contributed by atoms with Crippen molar-refractivity contribution in [1.82, 2.24) is 35.0 Å². The third kappa shape index (κ3) is 3.35. The number of aliphatic hydroxyl groups excluding tert-OH is 1. The zero-order valence-electron chi connectivity index (χ0n) is 17.3. The van der Waals surface area contributed by atoms with Crippen LogP contribution in [0.3, 0.4) is 0 Å². The minimum Gasteiger partial charge on any atom is -0.386 e. The second-order valence-corrected chi connectivity index (χ2v) is 7.79. The number of H-pyrrole nitrogens is 1. The van der Waals surface area contributed by atoms with Crippen LogP contribution in [0.15, 0.2) is 79.1 Å². The first-order valence-electron chi connectivity index (χ1n) is 10.4. The summed E-state index contributed by atoms with van der Waals surface area (Å²) in [5.74, 6) is -0.479. The van der Waals surface area contributed by atoms with Gasteiger partial charge < -0.3 is 5.11 Å². The van der Waals surface area contributed by atoms with E-state index in [0.29, 0.717) is 16.8 Å². The number of benzene rings is 3. The van der Waals surface area contributed by atoms with Crippen molar-refractivity contribution in [1.29, 1.82) is 0 Å². The molecule has 6 aromatic rings. The van der Waals surface area contributed by atoms with Crippen molar-refractivity contribution in [3.05, 3.63) is 90.5 Å². The number of nitrogens with one attached hydrogen (secondary N) is 1. The van der Waals surface area contributed by atoms with Gasteiger partial charge in [-0.1, -0.05) is 35.5 Å². The Morgan fingerprint density at radius 1 is 1.03 bits per heavy atom. The van der Waals surface area contributed by atoms with Crippen molar-refractivity contribution in [2.45, 2.75) is 12.6 Å². The molecule has 0 aliphatic carbocycles. The van der Waals surface area contributed by atoms with Gasteiger partial charge in [0, 0.05) is 17.1 Å². The Morgan fingerprint density at radius 3 is 2.79 bits per heavy atom. The summed E-state index contributed by atoms with van der Waals surface area (Å²) >= 11 is 0. The molecule has 1 atom stereocenters. The predicted molar refractivity (Wildman–Crippen MR) is 121 cm³/mol. The maximum Gasteiger partial charge on any atom is 0.153 e. The lowest BCUT2D eigenvalue weighted by atomic mass is 10.1. The SMILES string of the molecule is OC(Cn1nccc1-c1cc(F)c2nnn(-c3ccc4cn[nH]c4c3)c2c1)c1ccccc1. The lowest BCUT2D eigenvalue weighted by Crippen LogP contribution is -2.11. The highest BCUT2D eigenvalue weighted by Gasteiger charge is 2.17. The average Bonchev–Trinajstić information content (AvgIpc) is 3.58. The summed E-state index contributed by atoms with van der Waals surface area (Å²) in [6.45, 7) is 0.236. The molecule has 3 heterocycles. The van der Waals surface area contributed by atoms with Crippen molar-refractivity contribution in [2.24, 2.45) is 0 Å². The highest BCUT2D eigenvalue weighted by molar-refractivity contribution is 5.85. The molecule has 1 unspecified atom stereocenters. The van der Waals surface area contributed by atoms with E-state index in [2.05, 4.69) is 25.6 Å². The second kappa shape index (κ2) is 7.64. The van der Waals surface area contributed by atoms with E-state index < -0.39 is 11.9 Å². The first-order chi connectivity index (χ1) is 16.2. The molecule has 3 aromatic heterocycles. The first kappa shape index (κ1) is 19.3. The van der Waals surface area contributed by atoms with Gasteiger partial charge in [0.15, 0.2) is 5.82 Å². The van der Waals surface area contributed by atoms with E-state index in [1.807, 2.05) is 54.6 Å². The summed E-state index contributed by atoms with van der Waals surface area (Å²) in [4.78, 5) is 0. The summed E-state index contributed by atoms with van der Waals surface area (Å²) in [7, 11) is 0. The molecule has 0 fully saturated rings. The number of aromatic amines is 1. The van der Waals surface area contributed by atoms with Crippen LogP contribution >= 0.6 is 0 Å². The normalized spacial score (nSPS) is 12.5. The summed E-state index contributed by atoms with van der Waals surface area (Å²) in [5.41, 5.74) is 4.38. The smallest absolute Gasteiger partial charge is 0.153 e. The molecule has 0 spiro atoms. The Labute approximate surface area is 186 Å². The standard InChI is InChI=1S/C24H18FN7O/c25-19-10-17(21-8-9-27-31(21)14-23(33)15-4-2-1-3-5-15)11-22-24(19)29-30-32(22)18-7-6-16-13-26-28-20(16)12-18/h1-13,23,33H,14H2,(H,26,28). The van der Waals surface area contributed by atoms with E-state index in [1.54, 1.807) is 27.8 Å². The Bertz CT molecular complexity index is 1580. The van der Waals surface area contributed by atoms with Gasteiger partial charge in [-0.2, -0.15) is 10.2 Å². The fourth-order valence-corrected chi connectivity index (χ4v) is 4.05. The van der Waals surface area contributed by atoms with E-state index in [9.17, 15) is 5.11 Å². The molecule has 8 nitrogen and oxygen atoms in total. The van der Waals surface area contributed by atoms with E-state index in [0.717, 1.165) is 22.2 Å². The molecule has 0 aliphatic heterocycles. The van der Waals surface area contributed by atoms with E-state index in [-0.39, 0.29) is 12.1 Å². The summed E-state index contributed by atoms with van der Waals surface area (Å²) < 4.78 is 18.3. The molecule has 6 rings (SSSR count). The lowest BCUT2D eigenvalue weighted by Gasteiger charge is -2.14. The maximum atomic E-state index is 15.0. The molecule has 3 aromatic carbocycles. The van der Waals surface area contributed by atoms with Crippen LogP contribution in [0.25, 0.3) is 38.9 Å². The van der Waals surface area contributed by atoms with Gasteiger partial charge in [0.2, 0.25) is 0 Å². The fourth-order valence-electron chi connectivity index (χ4n) is 4.05. The van der Waals surface area contributed by atoms with Crippen LogP contribution in [0.5, 0.6) is 0 Å². The average molecular weight is 439 g/mol. The first-order valence-corrected chi connectivity index (χ1v) is 10.4. The molecular formula is C24H18FN7O. The molecule has 0 saturated heterocycles. The fraction of sp³-hybridized carbons (Fsp3) is 0.0833. The van der Waals surface area contributed by atoms with Gasteiger partial charge >= 0.3 is 0 Å². The minimum absolute atomic E-state index is 0.179. The zero-order chi connectivity index (χ0) is 22.4. The number of halogens is 1. The molecule has 2 N–H and O–H groups in total. The van der Waals surface area contributed by atoms with Crippen LogP contribution in [0.1, 0.15) is 11.7 Å². The highest BCUT2D eigenvalue weighted by Crippen LogP contribution is 2.29. The van der Waals surface area contributed by atoms with Crippen LogP contribution in [0.2, 0.25) is 0 Å². The Kier molecular flexibility index (Phi) is 4.48. The minimum atomic E-state index is -0.744. The number of rotatable bonds is 5. The van der Waals surface area contributed by atoms with Crippen LogP contribution in [-0.4, -0.2) is 40.1 Å². The third-order valence-corrected chi connectivity index (χ3v) is 5.72. The molecular weight excluding hydrogens is 421 g/mol. The number of fused-ring (bicyclic) bond motifs is 2. The summed E-state index contributed by atoms with van der Waals surface area (Å²) in [6.07, 6.45) is 2.63. The van der Waals surface area contributed by atoms with Gasteiger partial charge in [-0.05, 0) is 42.0 Å². The third-order valence-electron chi connectivity index (χ3n) is 5.72. The second-order valence-electron chi connectivity index (χ2n) is 7.79. The molecule has 0 aliphatic rings. The van der Waals surface area contributed by atoms with Crippen molar-refractivity contribution >= 4 is 21.9 Å². The number of hydrogen-bond donors (Lipinski definition) is 2. The van der Waals surface area contributed by atoms with Gasteiger partial charge in [-0.25, -0.2) is 9.07 Å². The molecule has 0 radical (unpaired) electrons. The van der Waals surface area contributed by atoms with E-state index in [4.69, 9.17) is 0 Å². The number of hydrogen-bond acceptors (Lipinski definition) is 5. The van der Waals surface area contributed by atoms with Crippen LogP contribution in [0, 0.1) is 5.82 Å². The van der Waals surface area contributed by atoms with Crippen molar-refractivity contribution < 1.29 is 9.50 Å². The van der Waals surface area contributed by atoms with Crippen LogP contribution in [-0.2, 0) is 6.54 Å². The summed E-state index contributed by atoms with van der Waals surface area (Å²) in [6, 6.07) is 20.1. The topological polar surface area (TPSA) is 97.4 Å². The van der Waals surface area contributed by atoms with Crippen molar-refractivity contribution in [3.8, 4) is 16.9 Å². The van der Waals surface area contributed by atoms with Gasteiger partial charge in [0.05, 0.1) is 41.3 Å². The molecule has 33 heavy (non-hydrogen) atoms. The van der Waals surface area contributed by atoms with E-state index >= 15 is 4.39 Å².